The number of hydrogen-bond acceptors (Lipinski definition) is 3. The van der Waals surface area contributed by atoms with E-state index in [9.17, 15) is 9.50 Å². The van der Waals surface area contributed by atoms with Gasteiger partial charge in [-0.05, 0) is 32.0 Å². The lowest BCUT2D eigenvalue weighted by molar-refractivity contribution is 0.463. The van der Waals surface area contributed by atoms with Crippen molar-refractivity contribution in [3.05, 3.63) is 51.5 Å². The van der Waals surface area contributed by atoms with E-state index in [1.54, 1.807) is 17.4 Å². The number of benzene rings is 1. The summed E-state index contributed by atoms with van der Waals surface area (Å²) < 4.78 is 13.6. The third-order valence-corrected chi connectivity index (χ3v) is 3.83. The lowest BCUT2D eigenvalue weighted by Gasteiger charge is -2.14. The maximum Gasteiger partial charge on any atom is 0.131 e. The Hall–Kier alpha value is -1.39. The topological polar surface area (TPSA) is 32.3 Å². The third kappa shape index (κ3) is 3.09. The number of hydrogen-bond donors (Lipinski definition) is 2. The first kappa shape index (κ1) is 13.1. The normalized spacial score (nSPS) is 12.6. The van der Waals surface area contributed by atoms with Crippen molar-refractivity contribution in [1.29, 1.82) is 0 Å². The maximum absolute atomic E-state index is 13.6. The van der Waals surface area contributed by atoms with Gasteiger partial charge >= 0.3 is 0 Å². The van der Waals surface area contributed by atoms with Crippen molar-refractivity contribution in [2.45, 2.75) is 26.4 Å². The van der Waals surface area contributed by atoms with Gasteiger partial charge in [0.15, 0.2) is 0 Å². The predicted octanol–water partition coefficient (Wildman–Crippen LogP) is 3.75. The maximum atomic E-state index is 13.6. The van der Waals surface area contributed by atoms with Crippen molar-refractivity contribution in [3.8, 4) is 5.75 Å². The second kappa shape index (κ2) is 5.50. The summed E-state index contributed by atoms with van der Waals surface area (Å²) in [5, 5.41) is 12.4. The second-order valence-electron chi connectivity index (χ2n) is 4.32. The van der Waals surface area contributed by atoms with Crippen LogP contribution < -0.4 is 5.32 Å². The molecule has 0 radical (unpaired) electrons. The monoisotopic (exact) mass is 265 g/mol. The van der Waals surface area contributed by atoms with Crippen molar-refractivity contribution >= 4 is 11.3 Å². The SMILES string of the molecule is Cc1ccc(CNC(C)c2ccc(O)cc2F)s1. The molecule has 4 heteroatoms. The van der Waals surface area contributed by atoms with E-state index in [0.717, 1.165) is 12.6 Å². The number of nitrogens with one attached hydrogen (secondary N) is 1. The molecule has 1 aromatic heterocycles. The number of thiophene rings is 1. The largest absolute Gasteiger partial charge is 0.508 e. The molecule has 2 aromatic rings. The zero-order chi connectivity index (χ0) is 13.1. The van der Waals surface area contributed by atoms with Gasteiger partial charge in [0.05, 0.1) is 0 Å². The Balaban J connectivity index is 2.01. The Morgan fingerprint density at radius 2 is 2.11 bits per heavy atom. The van der Waals surface area contributed by atoms with Gasteiger partial charge in [-0.3, -0.25) is 0 Å². The highest BCUT2D eigenvalue weighted by Gasteiger charge is 2.11. The Morgan fingerprint density at radius 1 is 1.33 bits per heavy atom. The summed E-state index contributed by atoms with van der Waals surface area (Å²) >= 11 is 1.74. The molecular formula is C14H16FNOS. The van der Waals surface area contributed by atoms with Gasteiger partial charge in [0.2, 0.25) is 0 Å². The molecule has 96 valence electrons. The number of aromatic hydroxyl groups is 1. The summed E-state index contributed by atoms with van der Waals surface area (Å²) in [6.45, 7) is 4.70. The minimum absolute atomic E-state index is 0.0441. The summed E-state index contributed by atoms with van der Waals surface area (Å²) in [7, 11) is 0. The molecule has 0 fully saturated rings. The van der Waals surface area contributed by atoms with Gasteiger partial charge in [-0.25, -0.2) is 4.39 Å². The van der Waals surface area contributed by atoms with E-state index in [0.29, 0.717) is 5.56 Å². The standard InChI is InChI=1S/C14H16FNOS/c1-9-3-5-12(18-9)8-16-10(2)13-6-4-11(17)7-14(13)15/h3-7,10,16-17H,8H2,1-2H3. The van der Waals surface area contributed by atoms with Crippen LogP contribution in [0.15, 0.2) is 30.3 Å². The summed E-state index contributed by atoms with van der Waals surface area (Å²) in [5.41, 5.74) is 0.570. The van der Waals surface area contributed by atoms with Gasteiger partial charge in [0.1, 0.15) is 11.6 Å². The van der Waals surface area contributed by atoms with Crippen molar-refractivity contribution in [2.75, 3.05) is 0 Å². The van der Waals surface area contributed by atoms with Crippen LogP contribution in [0.4, 0.5) is 4.39 Å². The molecule has 0 saturated carbocycles. The molecule has 1 aromatic carbocycles. The molecule has 1 unspecified atom stereocenters. The smallest absolute Gasteiger partial charge is 0.131 e. The van der Waals surface area contributed by atoms with Gasteiger partial charge in [-0.1, -0.05) is 6.07 Å². The quantitative estimate of drug-likeness (QED) is 0.882. The van der Waals surface area contributed by atoms with Crippen molar-refractivity contribution < 1.29 is 9.50 Å². The summed E-state index contributed by atoms with van der Waals surface area (Å²) in [6, 6.07) is 8.32. The van der Waals surface area contributed by atoms with Crippen molar-refractivity contribution in [2.24, 2.45) is 0 Å². The molecule has 1 atom stereocenters. The lowest BCUT2D eigenvalue weighted by Crippen LogP contribution is -2.18. The molecule has 0 aliphatic carbocycles. The van der Waals surface area contributed by atoms with Gasteiger partial charge in [0, 0.05) is 34.0 Å². The molecule has 0 spiro atoms. The van der Waals surface area contributed by atoms with Crippen LogP contribution in [-0.2, 0) is 6.54 Å². The third-order valence-electron chi connectivity index (χ3n) is 2.83. The fourth-order valence-electron chi connectivity index (χ4n) is 1.81. The number of phenols is 1. The number of aryl methyl sites for hydroxylation is 1. The Labute approximate surface area is 110 Å². The van der Waals surface area contributed by atoms with E-state index in [2.05, 4.69) is 24.4 Å². The van der Waals surface area contributed by atoms with Crippen LogP contribution in [0, 0.1) is 12.7 Å². The molecule has 0 amide bonds. The van der Waals surface area contributed by atoms with Crippen molar-refractivity contribution in [1.82, 2.24) is 5.32 Å². The van der Waals surface area contributed by atoms with Crippen LogP contribution in [0.2, 0.25) is 0 Å². The second-order valence-corrected chi connectivity index (χ2v) is 5.69. The molecule has 2 rings (SSSR count). The Bertz CT molecular complexity index is 538. The van der Waals surface area contributed by atoms with E-state index >= 15 is 0 Å². The zero-order valence-corrected chi connectivity index (χ0v) is 11.2. The van der Waals surface area contributed by atoms with Crippen LogP contribution in [0.25, 0.3) is 0 Å². The molecule has 0 aliphatic heterocycles. The highest BCUT2D eigenvalue weighted by atomic mass is 32.1. The number of rotatable bonds is 4. The molecule has 2 nitrogen and oxygen atoms in total. The van der Waals surface area contributed by atoms with Gasteiger partial charge < -0.3 is 10.4 Å². The van der Waals surface area contributed by atoms with Crippen LogP contribution in [-0.4, -0.2) is 5.11 Å². The van der Waals surface area contributed by atoms with E-state index in [1.165, 1.54) is 15.8 Å². The van der Waals surface area contributed by atoms with Gasteiger partial charge in [-0.2, -0.15) is 0 Å². The predicted molar refractivity (Wildman–Crippen MR) is 72.4 cm³/mol. The van der Waals surface area contributed by atoms with Crippen LogP contribution in [0.5, 0.6) is 5.75 Å². The molecule has 0 aliphatic rings. The molecular weight excluding hydrogens is 249 g/mol. The number of phenolic OH excluding ortho intramolecular Hbond substituents is 1. The van der Waals surface area contributed by atoms with Crippen molar-refractivity contribution in [3.63, 3.8) is 0 Å². The molecule has 2 N–H and O–H groups in total. The van der Waals surface area contributed by atoms with Crippen LogP contribution in [0.1, 0.15) is 28.3 Å². The summed E-state index contributed by atoms with van der Waals surface area (Å²) in [5.74, 6) is -0.422. The van der Waals surface area contributed by atoms with E-state index in [1.807, 2.05) is 6.92 Å². The average molecular weight is 265 g/mol. The average Bonchev–Trinajstić information content (AvgIpc) is 2.72. The van der Waals surface area contributed by atoms with Gasteiger partial charge in [0.25, 0.3) is 0 Å². The Morgan fingerprint density at radius 3 is 2.72 bits per heavy atom. The van der Waals surface area contributed by atoms with Gasteiger partial charge in [-0.15, -0.1) is 11.3 Å². The first-order valence-corrected chi connectivity index (χ1v) is 6.65. The first-order chi connectivity index (χ1) is 8.56. The molecule has 1 heterocycles. The molecule has 18 heavy (non-hydrogen) atoms. The van der Waals surface area contributed by atoms with E-state index < -0.39 is 0 Å². The number of halogens is 1. The Kier molecular flexibility index (Phi) is 3.99. The fourth-order valence-corrected chi connectivity index (χ4v) is 2.65. The molecule has 0 bridgehead atoms. The van der Waals surface area contributed by atoms with E-state index in [-0.39, 0.29) is 17.6 Å². The molecule has 0 saturated heterocycles. The summed E-state index contributed by atoms with van der Waals surface area (Å²) in [4.78, 5) is 2.51. The zero-order valence-electron chi connectivity index (χ0n) is 10.4. The highest BCUT2D eigenvalue weighted by Crippen LogP contribution is 2.22. The van der Waals surface area contributed by atoms with E-state index in [4.69, 9.17) is 0 Å². The summed E-state index contributed by atoms with van der Waals surface area (Å²) in [6.07, 6.45) is 0. The minimum atomic E-state index is -0.377. The highest BCUT2D eigenvalue weighted by molar-refractivity contribution is 7.11. The minimum Gasteiger partial charge on any atom is -0.508 e. The fraction of sp³-hybridized carbons (Fsp3) is 0.286. The first-order valence-electron chi connectivity index (χ1n) is 5.83. The van der Waals surface area contributed by atoms with Crippen LogP contribution >= 0.6 is 11.3 Å². The lowest BCUT2D eigenvalue weighted by atomic mass is 10.1. The van der Waals surface area contributed by atoms with Crippen LogP contribution in [0.3, 0.4) is 0 Å².